The van der Waals surface area contributed by atoms with E-state index >= 15 is 0 Å². The molecular weight excluding hydrogens is 453 g/mol. The Bertz CT molecular complexity index is 1540. The Labute approximate surface area is 199 Å². The lowest BCUT2D eigenvalue weighted by atomic mass is 10.1. The number of hydrogen-bond donors (Lipinski definition) is 1. The van der Waals surface area contributed by atoms with E-state index in [9.17, 15) is 23.6 Å². The fourth-order valence-corrected chi connectivity index (χ4v) is 3.73. The number of ether oxygens (including phenoxy) is 1. The van der Waals surface area contributed by atoms with Gasteiger partial charge in [-0.3, -0.25) is 18.7 Å². The lowest BCUT2D eigenvalue weighted by Gasteiger charge is -2.12. The van der Waals surface area contributed by atoms with Crippen molar-refractivity contribution < 1.29 is 18.7 Å². The average Bonchev–Trinajstić information content (AvgIpc) is 2.89. The maximum atomic E-state index is 13.2. The maximum absolute atomic E-state index is 13.2. The molecule has 1 heterocycles. The largest absolute Gasteiger partial charge is 0.465 e. The highest BCUT2D eigenvalue weighted by molar-refractivity contribution is 5.97. The molecule has 4 rings (SSSR count). The summed E-state index contributed by atoms with van der Waals surface area (Å²) in [5, 5.41) is 2.96. The third-order valence-corrected chi connectivity index (χ3v) is 5.70. The van der Waals surface area contributed by atoms with Gasteiger partial charge in [0.25, 0.3) is 11.5 Å². The van der Waals surface area contributed by atoms with E-state index in [1.165, 1.54) is 35.9 Å². The lowest BCUT2D eigenvalue weighted by molar-refractivity contribution is 0.0600. The predicted molar refractivity (Wildman–Crippen MR) is 128 cm³/mol. The van der Waals surface area contributed by atoms with Crippen molar-refractivity contribution in [3.63, 3.8) is 0 Å². The molecule has 3 aromatic carbocycles. The van der Waals surface area contributed by atoms with Crippen molar-refractivity contribution >= 4 is 22.8 Å². The van der Waals surface area contributed by atoms with Crippen LogP contribution in [-0.2, 0) is 24.9 Å². The van der Waals surface area contributed by atoms with Gasteiger partial charge >= 0.3 is 11.7 Å². The molecule has 0 aliphatic carbocycles. The number of aromatic nitrogens is 2. The summed E-state index contributed by atoms with van der Waals surface area (Å²) < 4.78 is 20.2. The van der Waals surface area contributed by atoms with E-state index < -0.39 is 23.1 Å². The summed E-state index contributed by atoms with van der Waals surface area (Å²) in [5.41, 5.74) is 1.33. The summed E-state index contributed by atoms with van der Waals surface area (Å²) >= 11 is 0. The van der Waals surface area contributed by atoms with Crippen molar-refractivity contribution in [1.82, 2.24) is 14.5 Å². The summed E-state index contributed by atoms with van der Waals surface area (Å²) in [6.07, 6.45) is 0. The van der Waals surface area contributed by atoms with Gasteiger partial charge in [-0.05, 0) is 53.6 Å². The Kier molecular flexibility index (Phi) is 6.59. The van der Waals surface area contributed by atoms with Crippen LogP contribution in [0.1, 0.15) is 31.8 Å². The molecule has 1 N–H and O–H groups in total. The van der Waals surface area contributed by atoms with Crippen LogP contribution in [0.2, 0.25) is 0 Å². The number of hydrogen-bond acceptors (Lipinski definition) is 5. The van der Waals surface area contributed by atoms with Crippen LogP contribution >= 0.6 is 0 Å². The van der Waals surface area contributed by atoms with Crippen LogP contribution < -0.4 is 16.6 Å². The minimum absolute atomic E-state index is 0.0100. The van der Waals surface area contributed by atoms with E-state index in [4.69, 9.17) is 0 Å². The molecule has 4 aromatic rings. The summed E-state index contributed by atoms with van der Waals surface area (Å²) in [5.74, 6) is -1.26. The zero-order chi connectivity index (χ0) is 25.1. The molecule has 0 unspecified atom stereocenters. The van der Waals surface area contributed by atoms with Crippen molar-refractivity contribution in [3.05, 3.63) is 116 Å². The second-order valence-corrected chi connectivity index (χ2v) is 7.96. The number of halogens is 1. The highest BCUT2D eigenvalue weighted by Crippen LogP contribution is 2.13. The Balaban J connectivity index is 1.64. The van der Waals surface area contributed by atoms with Crippen LogP contribution in [0, 0.1) is 5.82 Å². The standard InChI is InChI=1S/C26H22FN3O5/c1-29-22-12-9-19(23(31)28-14-16-5-10-20(27)11-6-16)13-21(22)24(32)30(26(29)34)15-17-3-7-18(8-4-17)25(33)35-2/h3-13H,14-15H2,1-2H3,(H,28,31). The van der Waals surface area contributed by atoms with Crippen molar-refractivity contribution in [2.75, 3.05) is 7.11 Å². The van der Waals surface area contributed by atoms with E-state index in [0.29, 0.717) is 16.6 Å². The first kappa shape index (κ1) is 23.6. The summed E-state index contributed by atoms with van der Waals surface area (Å²) in [4.78, 5) is 50.4. The molecule has 0 radical (unpaired) electrons. The van der Waals surface area contributed by atoms with Gasteiger partial charge in [0.2, 0.25) is 0 Å². The number of amides is 1. The number of carbonyl (C=O) groups is 2. The first-order valence-electron chi connectivity index (χ1n) is 10.7. The third kappa shape index (κ3) is 4.89. The molecule has 9 heteroatoms. The number of fused-ring (bicyclic) bond motifs is 1. The van der Waals surface area contributed by atoms with Crippen LogP contribution in [0.25, 0.3) is 10.9 Å². The average molecular weight is 475 g/mol. The van der Waals surface area contributed by atoms with Crippen LogP contribution in [0.5, 0.6) is 0 Å². The minimum Gasteiger partial charge on any atom is -0.465 e. The van der Waals surface area contributed by atoms with E-state index in [0.717, 1.165) is 10.1 Å². The SMILES string of the molecule is COC(=O)c1ccc(Cn2c(=O)c3cc(C(=O)NCc4ccc(F)cc4)ccc3n(C)c2=O)cc1. The van der Waals surface area contributed by atoms with Gasteiger partial charge in [0, 0.05) is 19.2 Å². The number of aryl methyl sites for hydroxylation is 1. The molecule has 0 atom stereocenters. The van der Waals surface area contributed by atoms with E-state index in [1.54, 1.807) is 49.5 Å². The molecule has 0 saturated carbocycles. The predicted octanol–water partition coefficient (Wildman–Crippen LogP) is 2.60. The normalized spacial score (nSPS) is 10.8. The van der Waals surface area contributed by atoms with Crippen molar-refractivity contribution in [2.45, 2.75) is 13.1 Å². The number of benzene rings is 3. The van der Waals surface area contributed by atoms with Gasteiger partial charge in [-0.15, -0.1) is 0 Å². The van der Waals surface area contributed by atoms with Crippen LogP contribution in [0.4, 0.5) is 4.39 Å². The first-order valence-corrected chi connectivity index (χ1v) is 10.7. The number of esters is 1. The Morgan fingerprint density at radius 2 is 1.54 bits per heavy atom. The molecule has 1 aromatic heterocycles. The monoisotopic (exact) mass is 475 g/mol. The van der Waals surface area contributed by atoms with Gasteiger partial charge in [-0.1, -0.05) is 24.3 Å². The Hall–Kier alpha value is -4.53. The third-order valence-electron chi connectivity index (χ3n) is 5.70. The van der Waals surface area contributed by atoms with E-state index in [-0.39, 0.29) is 29.9 Å². The molecule has 0 spiro atoms. The Morgan fingerprint density at radius 3 is 2.20 bits per heavy atom. The number of carbonyl (C=O) groups excluding carboxylic acids is 2. The molecule has 0 aliphatic heterocycles. The summed E-state index contributed by atoms with van der Waals surface area (Å²) in [7, 11) is 2.83. The fourth-order valence-electron chi connectivity index (χ4n) is 3.73. The molecule has 35 heavy (non-hydrogen) atoms. The number of nitrogens with one attached hydrogen (secondary N) is 1. The second kappa shape index (κ2) is 9.76. The Morgan fingerprint density at radius 1 is 0.914 bits per heavy atom. The van der Waals surface area contributed by atoms with Crippen LogP contribution in [0.15, 0.2) is 76.3 Å². The lowest BCUT2D eigenvalue weighted by Crippen LogP contribution is -2.39. The number of methoxy groups -OCH3 is 1. The smallest absolute Gasteiger partial charge is 0.337 e. The molecule has 178 valence electrons. The van der Waals surface area contributed by atoms with Gasteiger partial charge < -0.3 is 10.1 Å². The summed E-state index contributed by atoms with van der Waals surface area (Å²) in [6.45, 7) is 0.181. The second-order valence-electron chi connectivity index (χ2n) is 7.96. The topological polar surface area (TPSA) is 99.4 Å². The molecule has 0 saturated heterocycles. The minimum atomic E-state index is -0.534. The number of nitrogens with zero attached hydrogens (tertiary/aromatic N) is 2. The van der Waals surface area contributed by atoms with Gasteiger partial charge in [0.15, 0.2) is 0 Å². The van der Waals surface area contributed by atoms with Crippen LogP contribution in [-0.4, -0.2) is 28.1 Å². The van der Waals surface area contributed by atoms with Crippen molar-refractivity contribution in [2.24, 2.45) is 7.05 Å². The van der Waals surface area contributed by atoms with Gasteiger partial charge in [0.05, 0.1) is 30.1 Å². The first-order chi connectivity index (χ1) is 16.8. The number of rotatable bonds is 6. The van der Waals surface area contributed by atoms with E-state index in [1.807, 2.05) is 0 Å². The maximum Gasteiger partial charge on any atom is 0.337 e. The van der Waals surface area contributed by atoms with E-state index in [2.05, 4.69) is 10.1 Å². The summed E-state index contributed by atoms with van der Waals surface area (Å²) in [6, 6.07) is 16.7. The highest BCUT2D eigenvalue weighted by Gasteiger charge is 2.15. The molecule has 0 aliphatic rings. The van der Waals surface area contributed by atoms with Gasteiger partial charge in [-0.2, -0.15) is 0 Å². The molecular formula is C26H22FN3O5. The molecule has 0 bridgehead atoms. The zero-order valence-corrected chi connectivity index (χ0v) is 19.1. The molecule has 8 nitrogen and oxygen atoms in total. The highest BCUT2D eigenvalue weighted by atomic mass is 19.1. The van der Waals surface area contributed by atoms with Crippen molar-refractivity contribution in [1.29, 1.82) is 0 Å². The van der Waals surface area contributed by atoms with Gasteiger partial charge in [0.1, 0.15) is 5.82 Å². The fraction of sp³-hybridized carbons (Fsp3) is 0.154. The zero-order valence-electron chi connectivity index (χ0n) is 19.1. The van der Waals surface area contributed by atoms with Crippen LogP contribution in [0.3, 0.4) is 0 Å². The van der Waals surface area contributed by atoms with Gasteiger partial charge in [-0.25, -0.2) is 14.0 Å². The molecule has 1 amide bonds. The quantitative estimate of drug-likeness (QED) is 0.432. The molecule has 0 fully saturated rings. The van der Waals surface area contributed by atoms with Crippen molar-refractivity contribution in [3.8, 4) is 0 Å².